The van der Waals surface area contributed by atoms with E-state index < -0.39 is 12.8 Å². The molecule has 3 nitrogen and oxygen atoms in total. The molecule has 0 aromatic heterocycles. The molecule has 0 radical (unpaired) electrons. The average molecular weight is 643 g/mol. The zero-order valence-corrected chi connectivity index (χ0v) is 27.2. The van der Waals surface area contributed by atoms with Gasteiger partial charge in [-0.25, -0.2) is 0 Å². The SMILES string of the molecule is N#C/C(=C1/Nc2ccccc2S1)C(C(C(=O)c1ccccc1)=P(c1ccccc1)(c1ccccc1)c1ccccc1)c1ccccc1. The molecule has 1 atom stereocenters. The fraction of sp³-hybridized carbons (Fsp3) is 0.0238. The zero-order chi connectivity index (χ0) is 32.1. The molecule has 7 rings (SSSR count). The Morgan fingerprint density at radius 2 is 1.04 bits per heavy atom. The third-order valence-electron chi connectivity index (χ3n) is 8.47. The zero-order valence-electron chi connectivity index (χ0n) is 25.5. The Morgan fingerprint density at radius 1 is 0.596 bits per heavy atom. The number of carbonyl (C=O) groups is 1. The molecule has 0 saturated carbocycles. The number of carbonyl (C=O) groups excluding carboxylic acids is 1. The van der Waals surface area contributed by atoms with Gasteiger partial charge in [-0.15, -0.1) is 0 Å². The summed E-state index contributed by atoms with van der Waals surface area (Å²) in [6, 6.07) is 61.5. The molecule has 5 heteroatoms. The number of nitrogens with zero attached hydrogens (tertiary/aromatic N) is 1. The molecule has 1 unspecified atom stereocenters. The van der Waals surface area contributed by atoms with Crippen molar-refractivity contribution in [1.82, 2.24) is 0 Å². The van der Waals surface area contributed by atoms with Crippen molar-refractivity contribution < 1.29 is 4.79 Å². The number of Topliss-reactive ketones (excluding diaryl/α,β-unsaturated/α-hetero) is 1. The van der Waals surface area contributed by atoms with Crippen molar-refractivity contribution >= 4 is 51.3 Å². The lowest BCUT2D eigenvalue weighted by Gasteiger charge is -2.36. The van der Waals surface area contributed by atoms with Crippen LogP contribution in [0, 0.1) is 11.3 Å². The van der Waals surface area contributed by atoms with Crippen molar-refractivity contribution in [3.05, 3.63) is 198 Å². The first kappa shape index (κ1) is 30.3. The highest BCUT2D eigenvalue weighted by Crippen LogP contribution is 2.53. The lowest BCUT2D eigenvalue weighted by molar-refractivity contribution is 0.106. The van der Waals surface area contributed by atoms with Crippen LogP contribution in [0.25, 0.3) is 0 Å². The highest BCUT2D eigenvalue weighted by atomic mass is 32.2. The fourth-order valence-corrected chi connectivity index (χ4v) is 12.1. The standard InChI is InChI=1S/C42H31N2OPS/c43-30-36(42-44-37-28-16-17-29-38(37)47-42)39(31-18-6-1-7-19-31)41(40(45)32-20-8-2-9-21-32)46(33-22-10-3-11-23-33,34-24-12-4-13-25-34)35-26-14-5-15-27-35/h1-29,39,44H/b42-36+. The smallest absolute Gasteiger partial charge is 0.191 e. The second-order valence-corrected chi connectivity index (χ2v) is 15.6. The van der Waals surface area contributed by atoms with Gasteiger partial charge in [0.2, 0.25) is 0 Å². The number of rotatable bonds is 8. The Kier molecular flexibility index (Phi) is 8.76. The lowest BCUT2D eigenvalue weighted by atomic mass is 9.86. The van der Waals surface area contributed by atoms with Crippen LogP contribution in [0.3, 0.4) is 0 Å². The lowest BCUT2D eigenvalue weighted by Crippen LogP contribution is -2.37. The monoisotopic (exact) mass is 642 g/mol. The first-order chi connectivity index (χ1) is 23.2. The minimum absolute atomic E-state index is 0.0711. The van der Waals surface area contributed by atoms with Crippen molar-refractivity contribution in [2.45, 2.75) is 10.8 Å². The number of para-hydroxylation sites is 1. The molecule has 226 valence electrons. The van der Waals surface area contributed by atoms with Gasteiger partial charge in [-0.05, 0) is 40.5 Å². The van der Waals surface area contributed by atoms with Crippen LogP contribution < -0.4 is 21.2 Å². The first-order valence-electron chi connectivity index (χ1n) is 15.5. The van der Waals surface area contributed by atoms with Gasteiger partial charge in [-0.3, -0.25) is 4.79 Å². The highest BCUT2D eigenvalue weighted by Gasteiger charge is 2.41. The second-order valence-electron chi connectivity index (χ2n) is 11.2. The number of ketones is 1. The summed E-state index contributed by atoms with van der Waals surface area (Å²) in [6.45, 7) is -2.94. The number of thioether (sulfide) groups is 1. The van der Waals surface area contributed by atoms with Crippen LogP contribution in [-0.2, 0) is 0 Å². The number of nitriles is 1. The van der Waals surface area contributed by atoms with E-state index in [1.807, 2.05) is 133 Å². The number of hydrogen-bond donors (Lipinski definition) is 1. The molecule has 1 N–H and O–H groups in total. The minimum Gasteiger partial charge on any atom is -0.348 e. The molecule has 0 amide bonds. The fourth-order valence-electron chi connectivity index (χ4n) is 6.43. The molecule has 47 heavy (non-hydrogen) atoms. The van der Waals surface area contributed by atoms with Crippen LogP contribution >= 0.6 is 18.6 Å². The van der Waals surface area contributed by atoms with Crippen molar-refractivity contribution in [3.8, 4) is 6.07 Å². The Hall–Kier alpha value is -5.33. The van der Waals surface area contributed by atoms with Crippen LogP contribution in [0.4, 0.5) is 5.69 Å². The van der Waals surface area contributed by atoms with Crippen LogP contribution in [0.2, 0.25) is 0 Å². The largest absolute Gasteiger partial charge is 0.348 e. The van der Waals surface area contributed by atoms with E-state index in [1.54, 1.807) is 11.8 Å². The number of nitrogens with one attached hydrogen (secondary N) is 1. The number of hydrogen-bond acceptors (Lipinski definition) is 4. The molecule has 1 aliphatic heterocycles. The molecule has 1 heterocycles. The van der Waals surface area contributed by atoms with Crippen molar-refractivity contribution in [1.29, 1.82) is 5.26 Å². The molecule has 0 saturated heterocycles. The number of allylic oxidation sites excluding steroid dienone is 1. The Morgan fingerprint density at radius 3 is 1.53 bits per heavy atom. The Labute approximate surface area is 280 Å². The molecule has 0 bridgehead atoms. The van der Waals surface area contributed by atoms with E-state index in [4.69, 9.17) is 0 Å². The molecular weight excluding hydrogens is 612 g/mol. The van der Waals surface area contributed by atoms with Gasteiger partial charge in [0.25, 0.3) is 0 Å². The van der Waals surface area contributed by atoms with Gasteiger partial charge in [0.05, 0.1) is 28.3 Å². The third-order valence-corrected chi connectivity index (χ3v) is 14.0. The molecule has 1 aliphatic rings. The van der Waals surface area contributed by atoms with Crippen LogP contribution in [-0.4, -0.2) is 11.1 Å². The maximum Gasteiger partial charge on any atom is 0.191 e. The van der Waals surface area contributed by atoms with Crippen LogP contribution in [0.5, 0.6) is 0 Å². The quantitative estimate of drug-likeness (QED) is 0.102. The molecule has 0 spiro atoms. The van der Waals surface area contributed by atoms with Crippen LogP contribution in [0.1, 0.15) is 21.8 Å². The van der Waals surface area contributed by atoms with E-state index in [0.717, 1.165) is 37.1 Å². The van der Waals surface area contributed by atoms with Gasteiger partial charge < -0.3 is 5.32 Å². The van der Waals surface area contributed by atoms with E-state index in [1.165, 1.54) is 0 Å². The maximum atomic E-state index is 15.6. The van der Waals surface area contributed by atoms with E-state index in [2.05, 4.69) is 53.9 Å². The number of anilines is 1. The summed E-state index contributed by atoms with van der Waals surface area (Å²) in [5.74, 6) is -0.731. The number of benzene rings is 6. The van der Waals surface area contributed by atoms with Gasteiger partial charge in [-0.1, -0.05) is 176 Å². The van der Waals surface area contributed by atoms with E-state index in [0.29, 0.717) is 16.4 Å². The van der Waals surface area contributed by atoms with Gasteiger partial charge in [0.15, 0.2) is 5.78 Å². The minimum atomic E-state index is -2.94. The molecule has 0 fully saturated rings. The first-order valence-corrected chi connectivity index (χ1v) is 18.1. The van der Waals surface area contributed by atoms with E-state index in [9.17, 15) is 5.26 Å². The second kappa shape index (κ2) is 13.6. The summed E-state index contributed by atoms with van der Waals surface area (Å²) in [4.78, 5) is 16.7. The van der Waals surface area contributed by atoms with Gasteiger partial charge in [-0.2, -0.15) is 5.26 Å². The summed E-state index contributed by atoms with van der Waals surface area (Å²) in [5, 5.41) is 19.3. The number of fused-ring (bicyclic) bond motifs is 1. The summed E-state index contributed by atoms with van der Waals surface area (Å²) in [5.41, 5.74) is 2.96. The summed E-state index contributed by atoms with van der Waals surface area (Å²) < 4.78 is 0. The Bertz CT molecular complexity index is 2030. The summed E-state index contributed by atoms with van der Waals surface area (Å²) in [6.07, 6.45) is 0. The summed E-state index contributed by atoms with van der Waals surface area (Å²) in [7, 11) is 0. The van der Waals surface area contributed by atoms with Gasteiger partial charge in [0, 0.05) is 15.8 Å². The molecule has 6 aromatic rings. The molecule has 0 aliphatic carbocycles. The third kappa shape index (κ3) is 5.66. The topological polar surface area (TPSA) is 52.9 Å². The van der Waals surface area contributed by atoms with Gasteiger partial charge in [0.1, 0.15) is 0 Å². The van der Waals surface area contributed by atoms with Gasteiger partial charge >= 0.3 is 0 Å². The normalized spacial score (nSPS) is 13.9. The predicted octanol–water partition coefficient (Wildman–Crippen LogP) is 8.77. The van der Waals surface area contributed by atoms with Crippen molar-refractivity contribution in [2.75, 3.05) is 5.32 Å². The highest BCUT2D eigenvalue weighted by molar-refractivity contribution is 8.03. The maximum absolute atomic E-state index is 15.6. The Balaban J connectivity index is 1.72. The predicted molar refractivity (Wildman–Crippen MR) is 199 cm³/mol. The summed E-state index contributed by atoms with van der Waals surface area (Å²) >= 11 is 1.55. The van der Waals surface area contributed by atoms with E-state index >= 15 is 4.79 Å². The molecular formula is C42H31N2OPS. The van der Waals surface area contributed by atoms with E-state index in [-0.39, 0.29) is 5.78 Å². The van der Waals surface area contributed by atoms with Crippen molar-refractivity contribution in [3.63, 3.8) is 0 Å². The van der Waals surface area contributed by atoms with Crippen molar-refractivity contribution in [2.24, 2.45) is 0 Å². The average Bonchev–Trinajstić information content (AvgIpc) is 3.59. The van der Waals surface area contributed by atoms with Crippen LogP contribution in [0.15, 0.2) is 191 Å². The molecule has 6 aromatic carbocycles.